The fraction of sp³-hybridized carbons (Fsp3) is 0.389. The molecule has 0 radical (unpaired) electrons. The zero-order valence-corrected chi connectivity index (χ0v) is 14.8. The van der Waals surface area contributed by atoms with Crippen molar-refractivity contribution in [3.8, 4) is 5.75 Å². The molecular formula is C18H22N2O3S. The average Bonchev–Trinajstić information content (AvgIpc) is 3.14. The number of amides is 2. The van der Waals surface area contributed by atoms with E-state index in [1.807, 2.05) is 35.4 Å². The standard InChI is InChI=1S/C18H22N2O3S/c1-13-9-14(3-4-16(13)22-2)10-19-18(21)20-6-7-23-17(11-20)15-5-8-24-12-15/h3-5,8-9,12,17H,6-7,10-11H2,1-2H3,(H,19,21)/t17-/m0/s1. The number of nitrogens with zero attached hydrogens (tertiary/aromatic N) is 1. The minimum absolute atomic E-state index is 0.0287. The summed E-state index contributed by atoms with van der Waals surface area (Å²) in [5.74, 6) is 0.858. The fourth-order valence-corrected chi connectivity index (χ4v) is 3.54. The third-order valence-electron chi connectivity index (χ3n) is 4.17. The first-order chi connectivity index (χ1) is 11.7. The Morgan fingerprint density at radius 2 is 2.33 bits per heavy atom. The molecule has 1 saturated heterocycles. The van der Waals surface area contributed by atoms with Crippen LogP contribution in [0.25, 0.3) is 0 Å². The number of rotatable bonds is 4. The molecule has 6 heteroatoms. The Bertz CT molecular complexity index is 688. The number of carbonyl (C=O) groups excluding carboxylic acids is 1. The van der Waals surface area contributed by atoms with Crippen molar-refractivity contribution < 1.29 is 14.3 Å². The van der Waals surface area contributed by atoms with Gasteiger partial charge in [0.05, 0.1) is 20.3 Å². The smallest absolute Gasteiger partial charge is 0.317 e. The third-order valence-corrected chi connectivity index (χ3v) is 4.87. The highest BCUT2D eigenvalue weighted by Crippen LogP contribution is 2.24. The Hall–Kier alpha value is -2.05. The van der Waals surface area contributed by atoms with Crippen LogP contribution in [0.4, 0.5) is 4.79 Å². The van der Waals surface area contributed by atoms with Crippen LogP contribution in [0.3, 0.4) is 0 Å². The number of benzene rings is 1. The van der Waals surface area contributed by atoms with Crippen LogP contribution in [-0.2, 0) is 11.3 Å². The molecule has 0 spiro atoms. The van der Waals surface area contributed by atoms with Crippen molar-refractivity contribution in [1.82, 2.24) is 10.2 Å². The van der Waals surface area contributed by atoms with Crippen molar-refractivity contribution in [3.05, 3.63) is 51.7 Å². The van der Waals surface area contributed by atoms with Gasteiger partial charge in [-0.3, -0.25) is 0 Å². The Labute approximate surface area is 146 Å². The summed E-state index contributed by atoms with van der Waals surface area (Å²) in [5.41, 5.74) is 3.26. The van der Waals surface area contributed by atoms with Gasteiger partial charge in [-0.1, -0.05) is 12.1 Å². The molecule has 3 rings (SSSR count). The molecule has 0 bridgehead atoms. The van der Waals surface area contributed by atoms with Gasteiger partial charge in [-0.05, 0) is 46.5 Å². The number of hydrogen-bond donors (Lipinski definition) is 1. The van der Waals surface area contributed by atoms with Crippen molar-refractivity contribution >= 4 is 17.4 Å². The van der Waals surface area contributed by atoms with Crippen LogP contribution in [-0.4, -0.2) is 37.7 Å². The van der Waals surface area contributed by atoms with E-state index in [-0.39, 0.29) is 12.1 Å². The molecule has 5 nitrogen and oxygen atoms in total. The van der Waals surface area contributed by atoms with Gasteiger partial charge in [0.2, 0.25) is 0 Å². The fourth-order valence-electron chi connectivity index (χ4n) is 2.83. The zero-order chi connectivity index (χ0) is 16.9. The van der Waals surface area contributed by atoms with E-state index in [0.29, 0.717) is 26.2 Å². The number of nitrogens with one attached hydrogen (secondary N) is 1. The maximum Gasteiger partial charge on any atom is 0.317 e. The summed E-state index contributed by atoms with van der Waals surface area (Å²) in [7, 11) is 1.66. The first kappa shape index (κ1) is 16.8. The van der Waals surface area contributed by atoms with Gasteiger partial charge in [-0.15, -0.1) is 0 Å². The monoisotopic (exact) mass is 346 g/mol. The predicted octanol–water partition coefficient (Wildman–Crippen LogP) is 3.35. The normalized spacial score (nSPS) is 17.6. The van der Waals surface area contributed by atoms with Gasteiger partial charge in [0.15, 0.2) is 0 Å². The van der Waals surface area contributed by atoms with Crippen LogP contribution in [0.5, 0.6) is 5.75 Å². The minimum Gasteiger partial charge on any atom is -0.496 e. The summed E-state index contributed by atoms with van der Waals surface area (Å²) in [6, 6.07) is 7.94. The Balaban J connectivity index is 1.55. The molecule has 1 aromatic heterocycles. The molecular weight excluding hydrogens is 324 g/mol. The molecule has 1 N–H and O–H groups in total. The maximum atomic E-state index is 12.4. The highest BCUT2D eigenvalue weighted by molar-refractivity contribution is 7.07. The second-order valence-electron chi connectivity index (χ2n) is 5.82. The summed E-state index contributed by atoms with van der Waals surface area (Å²) < 4.78 is 11.0. The van der Waals surface area contributed by atoms with Crippen molar-refractivity contribution in [1.29, 1.82) is 0 Å². The van der Waals surface area contributed by atoms with Crippen molar-refractivity contribution in [2.24, 2.45) is 0 Å². The third kappa shape index (κ3) is 3.88. The number of carbonyl (C=O) groups is 1. The second-order valence-corrected chi connectivity index (χ2v) is 6.60. The molecule has 0 aliphatic carbocycles. The van der Waals surface area contributed by atoms with E-state index < -0.39 is 0 Å². The Kier molecular flexibility index (Phi) is 5.37. The quantitative estimate of drug-likeness (QED) is 0.924. The van der Waals surface area contributed by atoms with Gasteiger partial charge in [0.1, 0.15) is 11.9 Å². The maximum absolute atomic E-state index is 12.4. The van der Waals surface area contributed by atoms with Gasteiger partial charge in [-0.2, -0.15) is 11.3 Å². The van der Waals surface area contributed by atoms with Crippen molar-refractivity contribution in [2.75, 3.05) is 26.8 Å². The summed E-state index contributed by atoms with van der Waals surface area (Å²) in [6.07, 6.45) is -0.0287. The molecule has 1 aliphatic rings. The molecule has 1 atom stereocenters. The molecule has 128 valence electrons. The number of morpholine rings is 1. The lowest BCUT2D eigenvalue weighted by atomic mass is 10.1. The zero-order valence-electron chi connectivity index (χ0n) is 14.0. The number of ether oxygens (including phenoxy) is 2. The van der Waals surface area contributed by atoms with Crippen molar-refractivity contribution in [2.45, 2.75) is 19.6 Å². The highest BCUT2D eigenvalue weighted by atomic mass is 32.1. The first-order valence-electron chi connectivity index (χ1n) is 7.97. The van der Waals surface area contributed by atoms with Crippen LogP contribution < -0.4 is 10.1 Å². The molecule has 0 unspecified atom stereocenters. The van der Waals surface area contributed by atoms with Gasteiger partial charge in [0, 0.05) is 13.1 Å². The van der Waals surface area contributed by atoms with E-state index in [1.54, 1.807) is 18.4 Å². The Morgan fingerprint density at radius 3 is 3.04 bits per heavy atom. The van der Waals surface area contributed by atoms with E-state index in [4.69, 9.17) is 9.47 Å². The SMILES string of the molecule is COc1ccc(CNC(=O)N2CCO[C@H](c3ccsc3)C2)cc1C. The largest absolute Gasteiger partial charge is 0.496 e. The van der Waals surface area contributed by atoms with Gasteiger partial charge < -0.3 is 19.7 Å². The Morgan fingerprint density at radius 1 is 1.46 bits per heavy atom. The lowest BCUT2D eigenvalue weighted by molar-refractivity contribution is -0.0152. The number of aryl methyl sites for hydroxylation is 1. The van der Waals surface area contributed by atoms with Gasteiger partial charge in [0.25, 0.3) is 0 Å². The summed E-state index contributed by atoms with van der Waals surface area (Å²) in [5, 5.41) is 7.10. The summed E-state index contributed by atoms with van der Waals surface area (Å²) in [4.78, 5) is 14.3. The minimum atomic E-state index is -0.0491. The van der Waals surface area contributed by atoms with Crippen LogP contribution in [0.15, 0.2) is 35.0 Å². The van der Waals surface area contributed by atoms with Crippen LogP contribution in [0.1, 0.15) is 22.8 Å². The van der Waals surface area contributed by atoms with E-state index in [1.165, 1.54) is 0 Å². The van der Waals surface area contributed by atoms with E-state index >= 15 is 0 Å². The van der Waals surface area contributed by atoms with E-state index in [0.717, 1.165) is 22.4 Å². The summed E-state index contributed by atoms with van der Waals surface area (Å²) >= 11 is 1.65. The van der Waals surface area contributed by atoms with Gasteiger partial charge in [-0.25, -0.2) is 4.79 Å². The molecule has 1 aromatic carbocycles. The number of thiophene rings is 1. The molecule has 0 saturated carbocycles. The lowest BCUT2D eigenvalue weighted by Gasteiger charge is -2.32. The molecule has 2 amide bonds. The predicted molar refractivity (Wildman–Crippen MR) is 94.6 cm³/mol. The molecule has 1 fully saturated rings. The van der Waals surface area contributed by atoms with Crippen LogP contribution >= 0.6 is 11.3 Å². The second kappa shape index (κ2) is 7.68. The van der Waals surface area contributed by atoms with E-state index in [9.17, 15) is 4.79 Å². The number of methoxy groups -OCH3 is 1. The lowest BCUT2D eigenvalue weighted by Crippen LogP contribution is -2.46. The van der Waals surface area contributed by atoms with Crippen LogP contribution in [0.2, 0.25) is 0 Å². The molecule has 2 heterocycles. The average molecular weight is 346 g/mol. The van der Waals surface area contributed by atoms with Crippen LogP contribution in [0, 0.1) is 6.92 Å². The van der Waals surface area contributed by atoms with Crippen molar-refractivity contribution in [3.63, 3.8) is 0 Å². The van der Waals surface area contributed by atoms with Gasteiger partial charge >= 0.3 is 6.03 Å². The molecule has 2 aromatic rings. The summed E-state index contributed by atoms with van der Waals surface area (Å²) in [6.45, 7) is 4.27. The topological polar surface area (TPSA) is 50.8 Å². The number of hydrogen-bond acceptors (Lipinski definition) is 4. The first-order valence-corrected chi connectivity index (χ1v) is 8.91. The highest BCUT2D eigenvalue weighted by Gasteiger charge is 2.25. The number of urea groups is 1. The van der Waals surface area contributed by atoms with E-state index in [2.05, 4.69) is 16.8 Å². The molecule has 24 heavy (non-hydrogen) atoms. The molecule has 1 aliphatic heterocycles.